The van der Waals surface area contributed by atoms with Gasteiger partial charge in [-0.25, -0.2) is 4.98 Å². The Bertz CT molecular complexity index is 873. The molecule has 0 radical (unpaired) electrons. The normalized spacial score (nSPS) is 16.2. The number of aromatic nitrogens is 1. The van der Waals surface area contributed by atoms with Crippen LogP contribution in [-0.2, 0) is 17.8 Å². The van der Waals surface area contributed by atoms with Crippen molar-refractivity contribution in [3.8, 4) is 11.3 Å². The zero-order valence-electron chi connectivity index (χ0n) is 13.7. The van der Waals surface area contributed by atoms with Crippen LogP contribution >= 0.6 is 0 Å². The Balaban J connectivity index is 1.42. The number of nitrogens with zero attached hydrogens (tertiary/aromatic N) is 1. The molecule has 1 amide bonds. The number of benzene rings is 2. The van der Waals surface area contributed by atoms with Gasteiger partial charge in [-0.1, -0.05) is 54.6 Å². The molecule has 0 aliphatic carbocycles. The SMILES string of the molecule is O=C(NCc1ncc(-c2ccccc2)o1)C1NCCc2ccccc21. The minimum absolute atomic E-state index is 0.0633. The summed E-state index contributed by atoms with van der Waals surface area (Å²) in [6.07, 6.45) is 2.63. The molecule has 5 nitrogen and oxygen atoms in total. The molecule has 0 saturated carbocycles. The molecular formula is C20H19N3O2. The molecule has 1 aliphatic rings. The Hall–Kier alpha value is -2.92. The summed E-state index contributed by atoms with van der Waals surface area (Å²) in [5, 5.41) is 6.20. The lowest BCUT2D eigenvalue weighted by molar-refractivity contribution is -0.123. The van der Waals surface area contributed by atoms with Gasteiger partial charge in [0.15, 0.2) is 5.76 Å². The summed E-state index contributed by atoms with van der Waals surface area (Å²) in [6.45, 7) is 1.07. The quantitative estimate of drug-likeness (QED) is 0.770. The molecule has 0 fully saturated rings. The van der Waals surface area contributed by atoms with E-state index in [2.05, 4.69) is 21.7 Å². The van der Waals surface area contributed by atoms with Gasteiger partial charge in [-0.3, -0.25) is 4.79 Å². The third-order valence-electron chi connectivity index (χ3n) is 4.40. The molecule has 5 heteroatoms. The van der Waals surface area contributed by atoms with E-state index in [1.165, 1.54) is 5.56 Å². The van der Waals surface area contributed by atoms with Crippen LogP contribution in [-0.4, -0.2) is 17.4 Å². The Kier molecular flexibility index (Phi) is 4.31. The van der Waals surface area contributed by atoms with Gasteiger partial charge in [0, 0.05) is 12.1 Å². The first-order chi connectivity index (χ1) is 12.3. The van der Waals surface area contributed by atoms with E-state index in [0.29, 0.717) is 11.7 Å². The van der Waals surface area contributed by atoms with E-state index < -0.39 is 0 Å². The molecule has 3 aromatic rings. The molecule has 1 aromatic heterocycles. The van der Waals surface area contributed by atoms with Crippen molar-refractivity contribution in [3.63, 3.8) is 0 Å². The highest BCUT2D eigenvalue weighted by atomic mass is 16.4. The molecule has 0 bridgehead atoms. The smallest absolute Gasteiger partial charge is 0.242 e. The van der Waals surface area contributed by atoms with Crippen molar-refractivity contribution < 1.29 is 9.21 Å². The Morgan fingerprint density at radius 1 is 1.16 bits per heavy atom. The Morgan fingerprint density at radius 2 is 1.96 bits per heavy atom. The molecular weight excluding hydrogens is 314 g/mol. The second kappa shape index (κ2) is 6.91. The third kappa shape index (κ3) is 3.32. The maximum Gasteiger partial charge on any atom is 0.242 e. The van der Waals surface area contributed by atoms with E-state index in [-0.39, 0.29) is 18.5 Å². The fourth-order valence-electron chi connectivity index (χ4n) is 3.13. The van der Waals surface area contributed by atoms with Crippen molar-refractivity contribution in [2.75, 3.05) is 6.54 Å². The summed E-state index contributed by atoms with van der Waals surface area (Å²) < 4.78 is 5.73. The third-order valence-corrected chi connectivity index (χ3v) is 4.40. The lowest BCUT2D eigenvalue weighted by atomic mass is 9.94. The second-order valence-corrected chi connectivity index (χ2v) is 6.04. The molecule has 0 spiro atoms. The largest absolute Gasteiger partial charge is 0.439 e. The number of amides is 1. The van der Waals surface area contributed by atoms with Gasteiger partial charge < -0.3 is 15.1 Å². The first kappa shape index (κ1) is 15.6. The molecule has 1 unspecified atom stereocenters. The van der Waals surface area contributed by atoms with Crippen molar-refractivity contribution in [2.24, 2.45) is 0 Å². The predicted molar refractivity (Wildman–Crippen MR) is 94.7 cm³/mol. The second-order valence-electron chi connectivity index (χ2n) is 6.04. The lowest BCUT2D eigenvalue weighted by Crippen LogP contribution is -2.41. The summed E-state index contributed by atoms with van der Waals surface area (Å²) >= 11 is 0. The Labute approximate surface area is 146 Å². The number of nitrogens with one attached hydrogen (secondary N) is 2. The van der Waals surface area contributed by atoms with Gasteiger partial charge in [-0.15, -0.1) is 0 Å². The van der Waals surface area contributed by atoms with Crippen LogP contribution in [0.25, 0.3) is 11.3 Å². The van der Waals surface area contributed by atoms with Crippen molar-refractivity contribution >= 4 is 5.91 Å². The van der Waals surface area contributed by atoms with Crippen molar-refractivity contribution in [2.45, 2.75) is 19.0 Å². The number of carbonyl (C=O) groups excluding carboxylic acids is 1. The van der Waals surface area contributed by atoms with Crippen molar-refractivity contribution in [1.82, 2.24) is 15.6 Å². The predicted octanol–water partition coefficient (Wildman–Crippen LogP) is 2.84. The van der Waals surface area contributed by atoms with Gasteiger partial charge in [0.05, 0.1) is 12.7 Å². The Morgan fingerprint density at radius 3 is 2.84 bits per heavy atom. The lowest BCUT2D eigenvalue weighted by Gasteiger charge is -2.25. The van der Waals surface area contributed by atoms with Gasteiger partial charge in [-0.2, -0.15) is 0 Å². The average molecular weight is 333 g/mol. The fourth-order valence-corrected chi connectivity index (χ4v) is 3.13. The van der Waals surface area contributed by atoms with Crippen LogP contribution in [0.15, 0.2) is 65.2 Å². The van der Waals surface area contributed by atoms with E-state index in [1.54, 1.807) is 6.20 Å². The number of fused-ring (bicyclic) bond motifs is 1. The van der Waals surface area contributed by atoms with E-state index >= 15 is 0 Å². The zero-order valence-corrected chi connectivity index (χ0v) is 13.7. The molecule has 2 N–H and O–H groups in total. The highest BCUT2D eigenvalue weighted by Crippen LogP contribution is 2.23. The molecule has 0 saturated heterocycles. The molecule has 2 aromatic carbocycles. The minimum Gasteiger partial charge on any atom is -0.439 e. The van der Waals surface area contributed by atoms with Crippen LogP contribution < -0.4 is 10.6 Å². The summed E-state index contributed by atoms with van der Waals surface area (Å²) in [4.78, 5) is 16.8. The van der Waals surface area contributed by atoms with Crippen LogP contribution in [0, 0.1) is 0 Å². The van der Waals surface area contributed by atoms with Gasteiger partial charge in [0.2, 0.25) is 11.8 Å². The maximum atomic E-state index is 12.6. The first-order valence-electron chi connectivity index (χ1n) is 8.40. The fraction of sp³-hybridized carbons (Fsp3) is 0.200. The van der Waals surface area contributed by atoms with Crippen LogP contribution in [0.4, 0.5) is 0 Å². The van der Waals surface area contributed by atoms with Gasteiger partial charge in [0.1, 0.15) is 6.04 Å². The van der Waals surface area contributed by atoms with E-state index in [4.69, 9.17) is 4.42 Å². The molecule has 4 rings (SSSR count). The molecule has 126 valence electrons. The summed E-state index contributed by atoms with van der Waals surface area (Å²) in [5.41, 5.74) is 3.24. The van der Waals surface area contributed by atoms with Gasteiger partial charge in [0.25, 0.3) is 0 Å². The monoisotopic (exact) mass is 333 g/mol. The number of rotatable bonds is 4. The number of hydrogen-bond donors (Lipinski definition) is 2. The van der Waals surface area contributed by atoms with E-state index in [9.17, 15) is 4.79 Å². The minimum atomic E-state index is -0.325. The van der Waals surface area contributed by atoms with Crippen LogP contribution in [0.5, 0.6) is 0 Å². The first-order valence-corrected chi connectivity index (χ1v) is 8.40. The molecule has 1 atom stereocenters. The summed E-state index contributed by atoms with van der Waals surface area (Å²) in [6, 6.07) is 17.5. The molecule has 2 heterocycles. The zero-order chi connectivity index (χ0) is 17.1. The van der Waals surface area contributed by atoms with Gasteiger partial charge >= 0.3 is 0 Å². The average Bonchev–Trinajstić information content (AvgIpc) is 3.15. The summed E-state index contributed by atoms with van der Waals surface area (Å²) in [7, 11) is 0. The number of oxazole rings is 1. The molecule has 1 aliphatic heterocycles. The van der Waals surface area contributed by atoms with E-state index in [0.717, 1.165) is 24.1 Å². The summed E-state index contributed by atoms with van der Waals surface area (Å²) in [5.74, 6) is 1.13. The standard InChI is InChI=1S/C20H19N3O2/c24-20(19-16-9-5-4-6-14(16)10-11-21-19)23-13-18-22-12-17(25-18)15-7-2-1-3-8-15/h1-9,12,19,21H,10-11,13H2,(H,23,24). The van der Waals surface area contributed by atoms with Crippen molar-refractivity contribution in [3.05, 3.63) is 77.8 Å². The van der Waals surface area contributed by atoms with E-state index in [1.807, 2.05) is 48.5 Å². The van der Waals surface area contributed by atoms with Crippen LogP contribution in [0.1, 0.15) is 23.1 Å². The molecule has 25 heavy (non-hydrogen) atoms. The van der Waals surface area contributed by atoms with Crippen molar-refractivity contribution in [1.29, 1.82) is 0 Å². The highest BCUT2D eigenvalue weighted by Gasteiger charge is 2.25. The topological polar surface area (TPSA) is 67.2 Å². The van der Waals surface area contributed by atoms with Crippen LogP contribution in [0.3, 0.4) is 0 Å². The number of carbonyl (C=O) groups is 1. The highest BCUT2D eigenvalue weighted by molar-refractivity contribution is 5.83. The maximum absolute atomic E-state index is 12.6. The van der Waals surface area contributed by atoms with Crippen LogP contribution in [0.2, 0.25) is 0 Å². The number of hydrogen-bond acceptors (Lipinski definition) is 4. The van der Waals surface area contributed by atoms with Gasteiger partial charge in [-0.05, 0) is 17.5 Å².